The van der Waals surface area contributed by atoms with Crippen LogP contribution in [-0.4, -0.2) is 31.1 Å². The summed E-state index contributed by atoms with van der Waals surface area (Å²) in [6.45, 7) is 7.60. The second-order valence-electron chi connectivity index (χ2n) is 5.99. The highest BCUT2D eigenvalue weighted by atomic mass is 31.2. The minimum atomic E-state index is -3.47. The highest BCUT2D eigenvalue weighted by Crippen LogP contribution is 2.48. The van der Waals surface area contributed by atoms with Crippen molar-refractivity contribution in [1.29, 1.82) is 0 Å². The summed E-state index contributed by atoms with van der Waals surface area (Å²) in [4.78, 5) is 24.4. The summed E-state index contributed by atoms with van der Waals surface area (Å²) in [6, 6.07) is 7.45. The fraction of sp³-hybridized carbons (Fsp3) is 0.579. The Hall–Kier alpha value is -1.49. The highest BCUT2D eigenvalue weighted by molar-refractivity contribution is 7.54. The van der Waals surface area contributed by atoms with E-state index in [1.165, 1.54) is 0 Å². The Labute approximate surface area is 155 Å². The van der Waals surface area contributed by atoms with Crippen molar-refractivity contribution < 1.29 is 27.9 Å². The number of hydrogen-bond acceptors (Lipinski definition) is 6. The fourth-order valence-electron chi connectivity index (χ4n) is 2.44. The van der Waals surface area contributed by atoms with E-state index < -0.39 is 13.7 Å². The van der Waals surface area contributed by atoms with Crippen LogP contribution < -0.4 is 0 Å². The van der Waals surface area contributed by atoms with Gasteiger partial charge in [0.15, 0.2) is 0 Å². The summed E-state index contributed by atoms with van der Waals surface area (Å²) in [5.74, 6) is -0.686. The molecule has 0 amide bonds. The molecule has 0 unspecified atom stereocenters. The van der Waals surface area contributed by atoms with Crippen LogP contribution in [0, 0.1) is 6.92 Å². The molecule has 0 saturated carbocycles. The Morgan fingerprint density at radius 1 is 1.04 bits per heavy atom. The Kier molecular flexibility index (Phi) is 9.78. The molecule has 0 saturated heterocycles. The van der Waals surface area contributed by atoms with Crippen LogP contribution in [0.4, 0.5) is 0 Å². The van der Waals surface area contributed by atoms with Gasteiger partial charge >= 0.3 is 13.6 Å². The van der Waals surface area contributed by atoms with Gasteiger partial charge in [0.2, 0.25) is 0 Å². The van der Waals surface area contributed by atoms with Crippen LogP contribution in [-0.2, 0) is 27.9 Å². The zero-order valence-electron chi connectivity index (χ0n) is 16.0. The minimum Gasteiger partial charge on any atom is -0.457 e. The van der Waals surface area contributed by atoms with Gasteiger partial charge in [0.25, 0.3) is 0 Å². The molecule has 146 valence electrons. The van der Waals surface area contributed by atoms with Crippen molar-refractivity contribution in [3.05, 3.63) is 35.4 Å². The number of ketones is 1. The molecule has 1 aromatic carbocycles. The summed E-state index contributed by atoms with van der Waals surface area (Å²) in [7, 11) is -3.47. The number of carbonyl (C=O) groups excluding carboxylic acids is 2. The van der Waals surface area contributed by atoms with Crippen LogP contribution in [0.15, 0.2) is 24.3 Å². The average molecular weight is 384 g/mol. The van der Waals surface area contributed by atoms with Gasteiger partial charge in [0.05, 0.1) is 13.2 Å². The first-order valence-corrected chi connectivity index (χ1v) is 10.7. The number of Topliss-reactive ketones (excluding diaryl/α,β-unsaturated/α-hetero) is 1. The van der Waals surface area contributed by atoms with Crippen molar-refractivity contribution in [3.63, 3.8) is 0 Å². The molecule has 6 nitrogen and oxygen atoms in total. The summed E-state index contributed by atoms with van der Waals surface area (Å²) < 4.78 is 28.4. The van der Waals surface area contributed by atoms with Crippen LogP contribution in [0.25, 0.3) is 0 Å². The Morgan fingerprint density at radius 3 is 2.12 bits per heavy atom. The largest absolute Gasteiger partial charge is 0.457 e. The standard InChI is InChI=1S/C19H29O6P/c1-5-8-19(21)25-18(16-11-9-15(4)10-12-16)13-17(20)14-26(22,23-6-2)24-7-3/h9-12,18H,5-8,13-14H2,1-4H3/t18-/m1/s1. The molecule has 0 aliphatic carbocycles. The maximum atomic E-state index is 12.5. The number of hydrogen-bond donors (Lipinski definition) is 0. The number of rotatable bonds is 12. The maximum absolute atomic E-state index is 12.5. The van der Waals surface area contributed by atoms with E-state index in [0.717, 1.165) is 11.1 Å². The molecule has 1 atom stereocenters. The number of esters is 1. The average Bonchev–Trinajstić information content (AvgIpc) is 2.55. The van der Waals surface area contributed by atoms with Crippen molar-refractivity contribution in [2.75, 3.05) is 19.4 Å². The van der Waals surface area contributed by atoms with Crippen molar-refractivity contribution in [3.8, 4) is 0 Å². The lowest BCUT2D eigenvalue weighted by molar-refractivity contribution is -0.150. The second kappa shape index (κ2) is 11.3. The Morgan fingerprint density at radius 2 is 1.62 bits per heavy atom. The summed E-state index contributed by atoms with van der Waals surface area (Å²) in [6.07, 6.45) is -0.159. The molecule has 7 heteroatoms. The van der Waals surface area contributed by atoms with E-state index in [0.29, 0.717) is 6.42 Å². The normalized spacial score (nSPS) is 12.6. The van der Waals surface area contributed by atoms with Crippen LogP contribution in [0.1, 0.15) is 57.3 Å². The topological polar surface area (TPSA) is 78.9 Å². The van der Waals surface area contributed by atoms with Gasteiger partial charge in [-0.2, -0.15) is 0 Å². The van der Waals surface area contributed by atoms with E-state index in [4.69, 9.17) is 13.8 Å². The van der Waals surface area contributed by atoms with E-state index in [-0.39, 0.29) is 44.0 Å². The first kappa shape index (κ1) is 22.6. The quantitative estimate of drug-likeness (QED) is 0.387. The van der Waals surface area contributed by atoms with Crippen molar-refractivity contribution in [2.24, 2.45) is 0 Å². The van der Waals surface area contributed by atoms with Gasteiger partial charge in [-0.25, -0.2) is 0 Å². The van der Waals surface area contributed by atoms with Crippen molar-refractivity contribution >= 4 is 19.3 Å². The molecule has 0 heterocycles. The first-order valence-electron chi connectivity index (χ1n) is 8.99. The lowest BCUT2D eigenvalue weighted by Gasteiger charge is -2.20. The minimum absolute atomic E-state index is 0.0668. The molecular formula is C19H29O6P. The van der Waals surface area contributed by atoms with Crippen LogP contribution in [0.2, 0.25) is 0 Å². The van der Waals surface area contributed by atoms with Gasteiger partial charge in [-0.1, -0.05) is 36.8 Å². The number of carbonyl (C=O) groups is 2. The molecule has 0 radical (unpaired) electrons. The Bertz CT molecular complexity index is 615. The summed E-state index contributed by atoms with van der Waals surface area (Å²) >= 11 is 0. The molecule has 1 rings (SSSR count). The van der Waals surface area contributed by atoms with E-state index in [1.807, 2.05) is 38.1 Å². The highest BCUT2D eigenvalue weighted by Gasteiger charge is 2.30. The molecule has 0 N–H and O–H groups in total. The molecular weight excluding hydrogens is 355 g/mol. The van der Waals surface area contributed by atoms with Gasteiger partial charge < -0.3 is 13.8 Å². The first-order chi connectivity index (χ1) is 12.3. The molecule has 1 aromatic rings. The predicted octanol–water partition coefficient (Wildman–Crippen LogP) is 4.60. The van der Waals surface area contributed by atoms with Crippen LogP contribution in [0.5, 0.6) is 0 Å². The third-order valence-corrected chi connectivity index (χ3v) is 5.65. The maximum Gasteiger partial charge on any atom is 0.338 e. The van der Waals surface area contributed by atoms with Gasteiger partial charge in [-0.15, -0.1) is 0 Å². The zero-order chi connectivity index (χ0) is 19.6. The van der Waals surface area contributed by atoms with E-state index in [1.54, 1.807) is 13.8 Å². The van der Waals surface area contributed by atoms with Crippen LogP contribution in [0.3, 0.4) is 0 Å². The lowest BCUT2D eigenvalue weighted by Crippen LogP contribution is -2.18. The zero-order valence-corrected chi connectivity index (χ0v) is 16.9. The predicted molar refractivity (Wildman–Crippen MR) is 100 cm³/mol. The van der Waals surface area contributed by atoms with E-state index in [2.05, 4.69) is 0 Å². The van der Waals surface area contributed by atoms with Crippen molar-refractivity contribution in [1.82, 2.24) is 0 Å². The number of aryl methyl sites for hydroxylation is 1. The molecule has 26 heavy (non-hydrogen) atoms. The number of ether oxygens (including phenoxy) is 1. The smallest absolute Gasteiger partial charge is 0.338 e. The van der Waals surface area contributed by atoms with Crippen molar-refractivity contribution in [2.45, 2.75) is 53.1 Å². The van der Waals surface area contributed by atoms with Gasteiger partial charge in [0, 0.05) is 12.8 Å². The monoisotopic (exact) mass is 384 g/mol. The third kappa shape index (κ3) is 7.81. The summed E-state index contributed by atoms with van der Waals surface area (Å²) in [5, 5.41) is 0. The number of benzene rings is 1. The SMILES string of the molecule is CCCC(=O)O[C@H](CC(=O)CP(=O)(OCC)OCC)c1ccc(C)cc1. The molecule has 0 bridgehead atoms. The fourth-order valence-corrected chi connectivity index (χ4v) is 4.04. The summed E-state index contributed by atoms with van der Waals surface area (Å²) in [5.41, 5.74) is 1.80. The second-order valence-corrected chi connectivity index (χ2v) is 8.04. The molecule has 0 aliphatic rings. The Balaban J connectivity index is 2.89. The molecule has 0 aliphatic heterocycles. The van der Waals surface area contributed by atoms with Crippen LogP contribution >= 0.6 is 7.60 Å². The van der Waals surface area contributed by atoms with Gasteiger partial charge in [-0.05, 0) is 32.8 Å². The van der Waals surface area contributed by atoms with E-state index in [9.17, 15) is 14.2 Å². The third-order valence-electron chi connectivity index (χ3n) is 3.61. The lowest BCUT2D eigenvalue weighted by atomic mass is 10.0. The van der Waals surface area contributed by atoms with E-state index >= 15 is 0 Å². The molecule has 0 fully saturated rings. The molecule has 0 aromatic heterocycles. The molecule has 0 spiro atoms. The van der Waals surface area contributed by atoms with Gasteiger partial charge in [-0.3, -0.25) is 14.2 Å². The van der Waals surface area contributed by atoms with Gasteiger partial charge in [0.1, 0.15) is 18.0 Å².